The van der Waals surface area contributed by atoms with Gasteiger partial charge in [0.2, 0.25) is 0 Å². The highest BCUT2D eigenvalue weighted by Crippen LogP contribution is 2.29. The number of rotatable bonds is 4. The Labute approximate surface area is 108 Å². The highest BCUT2D eigenvalue weighted by molar-refractivity contribution is 5.81. The van der Waals surface area contributed by atoms with Gasteiger partial charge in [0.1, 0.15) is 6.10 Å². The number of nitrogens with two attached hydrogens (primary N) is 1. The third-order valence-electron chi connectivity index (χ3n) is 3.48. The quantitative estimate of drug-likeness (QED) is 0.840. The number of benzene rings is 1. The van der Waals surface area contributed by atoms with E-state index in [1.54, 1.807) is 0 Å². The van der Waals surface area contributed by atoms with Gasteiger partial charge in [0.25, 0.3) is 5.91 Å². The van der Waals surface area contributed by atoms with Crippen molar-refractivity contribution >= 4 is 5.91 Å². The minimum absolute atomic E-state index is 0.0895. The number of aryl methyl sites for hydroxylation is 1. The van der Waals surface area contributed by atoms with Gasteiger partial charge in [-0.15, -0.1) is 0 Å². The summed E-state index contributed by atoms with van der Waals surface area (Å²) in [6, 6.07) is 8.36. The summed E-state index contributed by atoms with van der Waals surface area (Å²) in [4.78, 5) is 12.0. The lowest BCUT2D eigenvalue weighted by Gasteiger charge is -2.27. The number of carbonyl (C=O) groups is 1. The highest BCUT2D eigenvalue weighted by atomic mass is 16.5. The van der Waals surface area contributed by atoms with Crippen molar-refractivity contribution in [2.24, 2.45) is 5.73 Å². The van der Waals surface area contributed by atoms with Crippen LogP contribution in [-0.4, -0.2) is 25.7 Å². The van der Waals surface area contributed by atoms with E-state index in [1.165, 1.54) is 18.2 Å². The molecule has 2 atom stereocenters. The van der Waals surface area contributed by atoms with E-state index in [9.17, 15) is 4.79 Å². The molecule has 4 nitrogen and oxygen atoms in total. The van der Waals surface area contributed by atoms with Gasteiger partial charge in [-0.2, -0.15) is 0 Å². The van der Waals surface area contributed by atoms with Crippen LogP contribution in [0.15, 0.2) is 24.3 Å². The second-order valence-electron chi connectivity index (χ2n) is 4.61. The van der Waals surface area contributed by atoms with Crippen molar-refractivity contribution < 1.29 is 9.53 Å². The largest absolute Gasteiger partial charge is 0.370 e. The molecule has 1 aliphatic rings. The lowest BCUT2D eigenvalue weighted by molar-refractivity contribution is -0.131. The SMILES string of the molecule is COC(CN)C(=O)NC1CCCc2ccccc21. The first-order valence-electron chi connectivity index (χ1n) is 6.37. The molecule has 2 unspecified atom stereocenters. The monoisotopic (exact) mass is 248 g/mol. The molecular weight excluding hydrogens is 228 g/mol. The lowest BCUT2D eigenvalue weighted by atomic mass is 9.87. The second kappa shape index (κ2) is 5.98. The van der Waals surface area contributed by atoms with Crippen LogP contribution in [0.4, 0.5) is 0 Å². The summed E-state index contributed by atoms with van der Waals surface area (Å²) in [7, 11) is 1.51. The third kappa shape index (κ3) is 2.71. The maximum atomic E-state index is 12.0. The molecule has 0 spiro atoms. The minimum atomic E-state index is -0.556. The Hall–Kier alpha value is -1.39. The predicted molar refractivity (Wildman–Crippen MR) is 70.1 cm³/mol. The van der Waals surface area contributed by atoms with E-state index in [1.807, 2.05) is 12.1 Å². The number of hydrogen-bond donors (Lipinski definition) is 2. The van der Waals surface area contributed by atoms with Crippen molar-refractivity contribution in [3.63, 3.8) is 0 Å². The van der Waals surface area contributed by atoms with Crippen LogP contribution < -0.4 is 11.1 Å². The summed E-state index contributed by atoms with van der Waals surface area (Å²) in [5.41, 5.74) is 8.05. The fraction of sp³-hybridized carbons (Fsp3) is 0.500. The Balaban J connectivity index is 2.09. The van der Waals surface area contributed by atoms with Crippen LogP contribution in [0.3, 0.4) is 0 Å². The zero-order valence-corrected chi connectivity index (χ0v) is 10.7. The standard InChI is InChI=1S/C14H20N2O2/c1-18-13(9-15)14(17)16-12-8-4-6-10-5-2-3-7-11(10)12/h2-3,5,7,12-13H,4,6,8-9,15H2,1H3,(H,16,17). The first kappa shape index (κ1) is 13.1. The molecule has 0 radical (unpaired) electrons. The minimum Gasteiger partial charge on any atom is -0.370 e. The molecule has 2 rings (SSSR count). The number of methoxy groups -OCH3 is 1. The van der Waals surface area contributed by atoms with Crippen molar-refractivity contribution in [2.45, 2.75) is 31.4 Å². The molecule has 1 aliphatic carbocycles. The van der Waals surface area contributed by atoms with Gasteiger partial charge in [0, 0.05) is 13.7 Å². The molecule has 3 N–H and O–H groups in total. The number of ether oxygens (including phenoxy) is 1. The zero-order valence-electron chi connectivity index (χ0n) is 10.7. The van der Waals surface area contributed by atoms with E-state index in [2.05, 4.69) is 17.4 Å². The number of fused-ring (bicyclic) bond motifs is 1. The van der Waals surface area contributed by atoms with Gasteiger partial charge in [-0.25, -0.2) is 0 Å². The molecule has 0 aromatic heterocycles. The summed E-state index contributed by atoms with van der Waals surface area (Å²) in [6.45, 7) is 0.205. The first-order valence-corrected chi connectivity index (χ1v) is 6.37. The molecule has 1 aromatic rings. The van der Waals surface area contributed by atoms with Crippen molar-refractivity contribution in [2.75, 3.05) is 13.7 Å². The molecule has 0 bridgehead atoms. The van der Waals surface area contributed by atoms with Crippen LogP contribution in [0.25, 0.3) is 0 Å². The van der Waals surface area contributed by atoms with E-state index in [-0.39, 0.29) is 18.5 Å². The van der Waals surface area contributed by atoms with E-state index in [0.717, 1.165) is 19.3 Å². The van der Waals surface area contributed by atoms with Crippen LogP contribution in [-0.2, 0) is 16.0 Å². The van der Waals surface area contributed by atoms with Crippen molar-refractivity contribution in [3.8, 4) is 0 Å². The maximum absolute atomic E-state index is 12.0. The van der Waals surface area contributed by atoms with E-state index < -0.39 is 6.10 Å². The number of nitrogens with one attached hydrogen (secondary N) is 1. The summed E-state index contributed by atoms with van der Waals surface area (Å²) >= 11 is 0. The van der Waals surface area contributed by atoms with Gasteiger partial charge in [0.05, 0.1) is 6.04 Å². The predicted octanol–water partition coefficient (Wildman–Crippen LogP) is 1.15. The third-order valence-corrected chi connectivity index (χ3v) is 3.48. The molecule has 4 heteroatoms. The van der Waals surface area contributed by atoms with E-state index >= 15 is 0 Å². The molecule has 1 amide bonds. The van der Waals surface area contributed by atoms with Gasteiger partial charge in [-0.05, 0) is 30.4 Å². The van der Waals surface area contributed by atoms with E-state index in [0.29, 0.717) is 0 Å². The zero-order chi connectivity index (χ0) is 13.0. The Kier molecular flexibility index (Phi) is 4.33. The molecule has 98 valence electrons. The summed E-state index contributed by atoms with van der Waals surface area (Å²) < 4.78 is 5.05. The number of amides is 1. The maximum Gasteiger partial charge on any atom is 0.250 e. The number of carbonyl (C=O) groups excluding carboxylic acids is 1. The summed E-state index contributed by atoms with van der Waals surface area (Å²) in [5, 5.41) is 3.03. The molecule has 0 fully saturated rings. The molecular formula is C14H20N2O2. The Morgan fingerprint density at radius 1 is 1.56 bits per heavy atom. The molecule has 0 saturated heterocycles. The topological polar surface area (TPSA) is 64.3 Å². The van der Waals surface area contributed by atoms with Gasteiger partial charge >= 0.3 is 0 Å². The van der Waals surface area contributed by atoms with Gasteiger partial charge < -0.3 is 15.8 Å². The summed E-state index contributed by atoms with van der Waals surface area (Å²) in [5.74, 6) is -0.123. The fourth-order valence-electron chi connectivity index (χ4n) is 2.48. The van der Waals surface area contributed by atoms with Crippen LogP contribution >= 0.6 is 0 Å². The van der Waals surface area contributed by atoms with E-state index in [4.69, 9.17) is 10.5 Å². The average Bonchev–Trinajstić information content (AvgIpc) is 2.40. The van der Waals surface area contributed by atoms with Crippen molar-refractivity contribution in [1.29, 1.82) is 0 Å². The van der Waals surface area contributed by atoms with Gasteiger partial charge in [0.15, 0.2) is 0 Å². The molecule has 18 heavy (non-hydrogen) atoms. The van der Waals surface area contributed by atoms with Crippen LogP contribution in [0.2, 0.25) is 0 Å². The first-order chi connectivity index (χ1) is 8.76. The summed E-state index contributed by atoms with van der Waals surface area (Å²) in [6.07, 6.45) is 2.61. The van der Waals surface area contributed by atoms with Crippen molar-refractivity contribution in [1.82, 2.24) is 5.32 Å². The average molecular weight is 248 g/mol. The van der Waals surface area contributed by atoms with Crippen LogP contribution in [0.5, 0.6) is 0 Å². The van der Waals surface area contributed by atoms with Crippen molar-refractivity contribution in [3.05, 3.63) is 35.4 Å². The second-order valence-corrected chi connectivity index (χ2v) is 4.61. The molecule has 0 saturated carbocycles. The smallest absolute Gasteiger partial charge is 0.250 e. The van der Waals surface area contributed by atoms with Crippen LogP contribution in [0.1, 0.15) is 30.0 Å². The highest BCUT2D eigenvalue weighted by Gasteiger charge is 2.24. The Bertz CT molecular complexity index is 416. The lowest BCUT2D eigenvalue weighted by Crippen LogP contribution is -2.42. The number of hydrogen-bond acceptors (Lipinski definition) is 3. The molecule has 0 aliphatic heterocycles. The fourth-order valence-corrected chi connectivity index (χ4v) is 2.48. The molecule has 1 aromatic carbocycles. The van der Waals surface area contributed by atoms with Gasteiger partial charge in [-0.3, -0.25) is 4.79 Å². The van der Waals surface area contributed by atoms with Crippen LogP contribution in [0, 0.1) is 0 Å². The molecule has 0 heterocycles. The Morgan fingerprint density at radius 3 is 3.06 bits per heavy atom. The normalized spacial score (nSPS) is 20.0. The Morgan fingerprint density at radius 2 is 2.33 bits per heavy atom. The van der Waals surface area contributed by atoms with Gasteiger partial charge in [-0.1, -0.05) is 24.3 Å².